The third-order valence-corrected chi connectivity index (χ3v) is 8.26. The van der Waals surface area contributed by atoms with Gasteiger partial charge in [0.05, 0.1) is 43.1 Å². The van der Waals surface area contributed by atoms with E-state index in [0.29, 0.717) is 24.4 Å². The second-order valence-corrected chi connectivity index (χ2v) is 10.5. The first-order valence-electron chi connectivity index (χ1n) is 13.3. The van der Waals surface area contributed by atoms with Gasteiger partial charge < -0.3 is 24.2 Å². The van der Waals surface area contributed by atoms with Crippen molar-refractivity contribution in [3.8, 4) is 5.75 Å². The van der Waals surface area contributed by atoms with Crippen molar-refractivity contribution >= 4 is 34.5 Å². The molecule has 9 heteroatoms. The summed E-state index contributed by atoms with van der Waals surface area (Å²) >= 11 is 1.49. The molecule has 0 N–H and O–H groups in total. The molecule has 1 amide bonds. The van der Waals surface area contributed by atoms with Crippen LogP contribution in [-0.4, -0.2) is 66.7 Å². The molecule has 2 aromatic carbocycles. The summed E-state index contributed by atoms with van der Waals surface area (Å²) in [7, 11) is 1.68. The highest BCUT2D eigenvalue weighted by Crippen LogP contribution is 2.45. The number of nitrogens with zero attached hydrogens (tertiary/aromatic N) is 4. The molecule has 204 valence electrons. The number of allylic oxidation sites excluding steroid dienone is 1. The number of aryl methyl sites for hydroxylation is 1. The summed E-state index contributed by atoms with van der Waals surface area (Å²) in [6.07, 6.45) is 0.234. The van der Waals surface area contributed by atoms with Gasteiger partial charge in [0.25, 0.3) is 0 Å². The van der Waals surface area contributed by atoms with E-state index in [0.717, 1.165) is 46.5 Å². The van der Waals surface area contributed by atoms with Crippen molar-refractivity contribution in [2.24, 2.45) is 4.99 Å². The largest absolute Gasteiger partial charge is 0.495 e. The summed E-state index contributed by atoms with van der Waals surface area (Å²) < 4.78 is 11.0. The number of thioether (sulfide) groups is 1. The maximum absolute atomic E-state index is 13.5. The van der Waals surface area contributed by atoms with E-state index in [2.05, 4.69) is 15.9 Å². The fourth-order valence-corrected chi connectivity index (χ4v) is 6.35. The number of piperazine rings is 1. The van der Waals surface area contributed by atoms with Crippen molar-refractivity contribution in [1.29, 1.82) is 0 Å². The zero-order chi connectivity index (χ0) is 27.5. The zero-order valence-corrected chi connectivity index (χ0v) is 23.7. The fourth-order valence-electron chi connectivity index (χ4n) is 5.38. The normalized spacial score (nSPS) is 19.0. The monoisotopic (exact) mass is 546 g/mol. The van der Waals surface area contributed by atoms with Crippen molar-refractivity contribution in [2.45, 2.75) is 33.2 Å². The van der Waals surface area contributed by atoms with E-state index in [1.165, 1.54) is 11.8 Å². The molecule has 0 spiro atoms. The van der Waals surface area contributed by atoms with Gasteiger partial charge in [-0.15, -0.1) is 0 Å². The number of carbonyl (C=O) groups is 2. The SMILES string of the molecule is CCOC(=O)C1=C(C)N=C2SC=C(CC(=O)N3CCN(c4ccccc4OC)CC3)N2C1c1ccccc1C. The highest BCUT2D eigenvalue weighted by molar-refractivity contribution is 8.16. The minimum Gasteiger partial charge on any atom is -0.495 e. The number of para-hydroxylation sites is 2. The van der Waals surface area contributed by atoms with Gasteiger partial charge >= 0.3 is 5.97 Å². The number of ether oxygens (including phenoxy) is 2. The molecule has 0 aromatic heterocycles. The predicted molar refractivity (Wildman–Crippen MR) is 155 cm³/mol. The molecule has 0 aliphatic carbocycles. The van der Waals surface area contributed by atoms with Crippen LogP contribution in [0.5, 0.6) is 5.75 Å². The van der Waals surface area contributed by atoms with Crippen LogP contribution in [0, 0.1) is 6.92 Å². The molecule has 1 fully saturated rings. The molecule has 5 rings (SSSR count). The molecule has 8 nitrogen and oxygen atoms in total. The lowest BCUT2D eigenvalue weighted by molar-refractivity contribution is -0.139. The molecule has 3 heterocycles. The first-order chi connectivity index (χ1) is 18.9. The van der Waals surface area contributed by atoms with Crippen LogP contribution in [0.4, 0.5) is 5.69 Å². The second kappa shape index (κ2) is 11.6. The van der Waals surface area contributed by atoms with Crippen LogP contribution in [0.25, 0.3) is 0 Å². The van der Waals surface area contributed by atoms with Gasteiger partial charge in [-0.05, 0) is 49.4 Å². The number of hydrogen-bond donors (Lipinski definition) is 0. The number of carbonyl (C=O) groups excluding carboxylic acids is 2. The van der Waals surface area contributed by atoms with Gasteiger partial charge in [0.1, 0.15) is 5.75 Å². The minimum atomic E-state index is -0.408. The lowest BCUT2D eigenvalue weighted by Crippen LogP contribution is -2.49. The average molecular weight is 547 g/mol. The van der Waals surface area contributed by atoms with Crippen molar-refractivity contribution in [2.75, 3.05) is 44.8 Å². The molecule has 3 aliphatic heterocycles. The van der Waals surface area contributed by atoms with Crippen LogP contribution in [0.2, 0.25) is 0 Å². The van der Waals surface area contributed by atoms with Gasteiger partial charge in [0.15, 0.2) is 5.17 Å². The Bertz CT molecular complexity index is 1360. The lowest BCUT2D eigenvalue weighted by Gasteiger charge is -2.39. The minimum absolute atomic E-state index is 0.0651. The number of anilines is 1. The van der Waals surface area contributed by atoms with E-state index < -0.39 is 6.04 Å². The number of amidine groups is 1. The van der Waals surface area contributed by atoms with E-state index >= 15 is 0 Å². The molecule has 1 saturated heterocycles. The Morgan fingerprint density at radius 1 is 1.03 bits per heavy atom. The van der Waals surface area contributed by atoms with Gasteiger partial charge in [-0.1, -0.05) is 48.2 Å². The standard InChI is InChI=1S/C30H34N4O4S/c1-5-38-29(36)27-21(3)31-30-34(28(27)23-11-7-6-10-20(23)2)22(19-39-30)18-26(35)33-16-14-32(15-17-33)24-12-8-9-13-25(24)37-4/h6-13,19,28H,5,14-18H2,1-4H3. The van der Waals surface area contributed by atoms with Crippen molar-refractivity contribution in [3.05, 3.63) is 82.0 Å². The number of methoxy groups -OCH3 is 1. The third kappa shape index (κ3) is 5.28. The number of esters is 1. The van der Waals surface area contributed by atoms with Gasteiger partial charge in [-0.2, -0.15) is 0 Å². The number of rotatable bonds is 7. The van der Waals surface area contributed by atoms with Crippen LogP contribution in [0.15, 0.2) is 75.9 Å². The molecular formula is C30H34N4O4S. The Kier molecular flexibility index (Phi) is 7.97. The van der Waals surface area contributed by atoms with Crippen LogP contribution in [0.1, 0.15) is 37.4 Å². The van der Waals surface area contributed by atoms with Crippen molar-refractivity contribution in [3.63, 3.8) is 0 Å². The summed E-state index contributed by atoms with van der Waals surface area (Å²) in [4.78, 5) is 37.7. The Labute approximate surface area is 234 Å². The molecule has 0 saturated carbocycles. The van der Waals surface area contributed by atoms with Crippen LogP contribution >= 0.6 is 11.8 Å². The molecule has 2 aromatic rings. The van der Waals surface area contributed by atoms with Gasteiger partial charge in [0.2, 0.25) is 5.91 Å². The zero-order valence-electron chi connectivity index (χ0n) is 22.8. The second-order valence-electron chi connectivity index (χ2n) is 9.69. The summed E-state index contributed by atoms with van der Waals surface area (Å²) in [5.74, 6) is 0.529. The highest BCUT2D eigenvalue weighted by Gasteiger charge is 2.42. The van der Waals surface area contributed by atoms with E-state index in [-0.39, 0.29) is 24.9 Å². The summed E-state index contributed by atoms with van der Waals surface area (Å²) in [6, 6.07) is 15.6. The van der Waals surface area contributed by atoms with Crippen LogP contribution in [-0.2, 0) is 14.3 Å². The van der Waals surface area contributed by atoms with E-state index in [1.54, 1.807) is 14.0 Å². The molecule has 3 aliphatic rings. The molecule has 0 bridgehead atoms. The van der Waals surface area contributed by atoms with E-state index in [9.17, 15) is 9.59 Å². The number of aliphatic imine (C=N–C) groups is 1. The molecular weight excluding hydrogens is 512 g/mol. The third-order valence-electron chi connectivity index (χ3n) is 7.37. The predicted octanol–water partition coefficient (Wildman–Crippen LogP) is 4.88. The molecule has 39 heavy (non-hydrogen) atoms. The Morgan fingerprint density at radius 2 is 1.74 bits per heavy atom. The smallest absolute Gasteiger partial charge is 0.338 e. The summed E-state index contributed by atoms with van der Waals surface area (Å²) in [5, 5.41) is 2.77. The van der Waals surface area contributed by atoms with Crippen molar-refractivity contribution in [1.82, 2.24) is 9.80 Å². The van der Waals surface area contributed by atoms with Gasteiger partial charge in [-0.3, -0.25) is 4.79 Å². The number of hydrogen-bond acceptors (Lipinski definition) is 8. The Hall–Kier alpha value is -3.72. The number of fused-ring (bicyclic) bond motifs is 1. The summed E-state index contributed by atoms with van der Waals surface area (Å²) in [5.41, 5.74) is 5.12. The first kappa shape index (κ1) is 26.9. The topological polar surface area (TPSA) is 74.7 Å². The number of amides is 1. The van der Waals surface area contributed by atoms with Crippen LogP contribution < -0.4 is 9.64 Å². The van der Waals surface area contributed by atoms with Gasteiger partial charge in [-0.25, -0.2) is 9.79 Å². The maximum Gasteiger partial charge on any atom is 0.338 e. The molecule has 0 radical (unpaired) electrons. The Balaban J connectivity index is 1.35. The van der Waals surface area contributed by atoms with E-state index in [1.807, 2.05) is 66.6 Å². The van der Waals surface area contributed by atoms with Gasteiger partial charge in [0, 0.05) is 31.9 Å². The van der Waals surface area contributed by atoms with Crippen molar-refractivity contribution < 1.29 is 19.1 Å². The summed E-state index contributed by atoms with van der Waals surface area (Å²) in [6.45, 7) is 8.71. The molecule has 1 atom stereocenters. The maximum atomic E-state index is 13.5. The Morgan fingerprint density at radius 3 is 2.46 bits per heavy atom. The first-order valence-corrected chi connectivity index (χ1v) is 14.1. The average Bonchev–Trinajstić information content (AvgIpc) is 3.34. The van der Waals surface area contributed by atoms with E-state index in [4.69, 9.17) is 14.5 Å². The highest BCUT2D eigenvalue weighted by atomic mass is 32.2. The number of benzene rings is 2. The lowest BCUT2D eigenvalue weighted by atomic mass is 9.91. The quantitative estimate of drug-likeness (QED) is 0.458. The van der Waals surface area contributed by atoms with Crippen LogP contribution in [0.3, 0.4) is 0 Å². The fraction of sp³-hybridized carbons (Fsp3) is 0.367. The molecule has 1 unspecified atom stereocenters.